The number of rotatable bonds is 7. The minimum absolute atomic E-state index is 0.837. The Balaban J connectivity index is 1.31. The van der Waals surface area contributed by atoms with E-state index < -0.39 is 0 Å². The van der Waals surface area contributed by atoms with E-state index in [-0.39, 0.29) is 0 Å². The fourth-order valence-corrected chi connectivity index (χ4v) is 3.54. The Kier molecular flexibility index (Phi) is 4.81. The summed E-state index contributed by atoms with van der Waals surface area (Å²) in [6.45, 7) is 1.78. The van der Waals surface area contributed by atoms with Gasteiger partial charge in [-0.2, -0.15) is 0 Å². The van der Waals surface area contributed by atoms with Crippen molar-refractivity contribution >= 4 is 22.2 Å². The third-order valence-electron chi connectivity index (χ3n) is 4.19. The minimum atomic E-state index is 0.837. The lowest BCUT2D eigenvalue weighted by atomic mass is 10.1. The Bertz CT molecular complexity index is 943. The molecule has 0 aliphatic heterocycles. The molecule has 0 unspecified atom stereocenters. The molecule has 0 aliphatic rings. The maximum atomic E-state index is 5.86. The molecule has 4 heteroatoms. The predicted molar refractivity (Wildman–Crippen MR) is 105 cm³/mol. The summed E-state index contributed by atoms with van der Waals surface area (Å²) in [5, 5.41) is 7.78. The number of aromatic amines is 1. The van der Waals surface area contributed by atoms with E-state index in [2.05, 4.69) is 52.9 Å². The van der Waals surface area contributed by atoms with E-state index in [9.17, 15) is 0 Å². The van der Waals surface area contributed by atoms with Gasteiger partial charge in [-0.05, 0) is 59.8 Å². The van der Waals surface area contributed by atoms with E-state index in [0.717, 1.165) is 30.3 Å². The smallest absolute Gasteiger partial charge is 0.180 e. The van der Waals surface area contributed by atoms with E-state index in [4.69, 9.17) is 4.74 Å². The van der Waals surface area contributed by atoms with Crippen molar-refractivity contribution in [1.29, 1.82) is 0 Å². The number of para-hydroxylation sites is 1. The first-order valence-electron chi connectivity index (χ1n) is 8.44. The lowest BCUT2D eigenvalue weighted by molar-refractivity contribution is 0.495. The molecule has 2 N–H and O–H groups in total. The van der Waals surface area contributed by atoms with Crippen LogP contribution in [0.25, 0.3) is 10.9 Å². The number of thiophene rings is 1. The predicted octanol–water partition coefficient (Wildman–Crippen LogP) is 5.35. The molecule has 25 heavy (non-hydrogen) atoms. The molecule has 2 heterocycles. The van der Waals surface area contributed by atoms with Crippen LogP contribution in [0.5, 0.6) is 10.8 Å². The molecule has 0 amide bonds. The molecule has 2 aromatic heterocycles. The Hall–Kier alpha value is -2.56. The Morgan fingerprint density at radius 3 is 2.88 bits per heavy atom. The van der Waals surface area contributed by atoms with Gasteiger partial charge in [-0.15, -0.1) is 11.3 Å². The lowest BCUT2D eigenvalue weighted by Gasteiger charge is -2.07. The van der Waals surface area contributed by atoms with Crippen molar-refractivity contribution < 1.29 is 4.74 Å². The molecule has 0 saturated carbocycles. The number of nitrogens with one attached hydrogen (secondary N) is 2. The highest BCUT2D eigenvalue weighted by atomic mass is 32.1. The van der Waals surface area contributed by atoms with Crippen LogP contribution in [0.2, 0.25) is 0 Å². The number of H-pyrrole nitrogens is 1. The highest BCUT2D eigenvalue weighted by Crippen LogP contribution is 2.26. The third kappa shape index (κ3) is 3.92. The van der Waals surface area contributed by atoms with Crippen molar-refractivity contribution in [2.24, 2.45) is 0 Å². The normalized spacial score (nSPS) is 11.0. The quantitative estimate of drug-likeness (QED) is 0.442. The number of benzene rings is 2. The Morgan fingerprint density at radius 1 is 1.00 bits per heavy atom. The second kappa shape index (κ2) is 7.55. The van der Waals surface area contributed by atoms with Crippen molar-refractivity contribution in [3.8, 4) is 10.8 Å². The fourth-order valence-electron chi connectivity index (χ4n) is 2.95. The van der Waals surface area contributed by atoms with Gasteiger partial charge in [0, 0.05) is 23.6 Å². The van der Waals surface area contributed by atoms with Crippen LogP contribution in [0.3, 0.4) is 0 Å². The monoisotopic (exact) mass is 348 g/mol. The zero-order valence-electron chi connectivity index (χ0n) is 13.9. The van der Waals surface area contributed by atoms with Gasteiger partial charge in [-0.25, -0.2) is 0 Å². The van der Waals surface area contributed by atoms with Gasteiger partial charge in [-0.1, -0.05) is 30.3 Å². The largest absolute Gasteiger partial charge is 0.447 e. The van der Waals surface area contributed by atoms with Crippen LogP contribution in [-0.4, -0.2) is 11.5 Å². The molecule has 3 nitrogen and oxygen atoms in total. The lowest BCUT2D eigenvalue weighted by Crippen LogP contribution is -2.16. The van der Waals surface area contributed by atoms with Crippen molar-refractivity contribution in [3.63, 3.8) is 0 Å². The molecule has 0 saturated heterocycles. The van der Waals surface area contributed by atoms with Gasteiger partial charge in [0.15, 0.2) is 5.06 Å². The molecule has 0 atom stereocenters. The molecule has 0 bridgehead atoms. The standard InChI is InChI=1S/C21H20N2OS/c1-2-8-20-19(7-1)17(15-23-20)10-11-22-14-16-5-3-6-18(13-16)24-21-9-4-12-25-21/h1-9,12-13,15,22-23H,10-11,14H2. The van der Waals surface area contributed by atoms with E-state index in [1.54, 1.807) is 11.3 Å². The van der Waals surface area contributed by atoms with Gasteiger partial charge in [0.25, 0.3) is 0 Å². The number of ether oxygens (including phenoxy) is 1. The average molecular weight is 348 g/mol. The van der Waals surface area contributed by atoms with Crippen molar-refractivity contribution in [2.45, 2.75) is 13.0 Å². The van der Waals surface area contributed by atoms with Gasteiger partial charge in [-0.3, -0.25) is 0 Å². The fraction of sp³-hybridized carbons (Fsp3) is 0.143. The Labute approximate surface area is 151 Å². The third-order valence-corrected chi connectivity index (χ3v) is 4.93. The number of hydrogen-bond acceptors (Lipinski definition) is 3. The van der Waals surface area contributed by atoms with Crippen molar-refractivity contribution in [2.75, 3.05) is 6.54 Å². The summed E-state index contributed by atoms with van der Waals surface area (Å²) in [7, 11) is 0. The van der Waals surface area contributed by atoms with Crippen LogP contribution in [0, 0.1) is 0 Å². The molecule has 126 valence electrons. The number of hydrogen-bond donors (Lipinski definition) is 2. The molecular weight excluding hydrogens is 328 g/mol. The first kappa shape index (κ1) is 15.9. The molecule has 4 rings (SSSR count). The summed E-state index contributed by atoms with van der Waals surface area (Å²) in [5.74, 6) is 0.887. The number of fused-ring (bicyclic) bond motifs is 1. The zero-order valence-corrected chi connectivity index (χ0v) is 14.7. The molecule has 0 fully saturated rings. The second-order valence-electron chi connectivity index (χ2n) is 5.97. The van der Waals surface area contributed by atoms with Crippen LogP contribution in [0.15, 0.2) is 72.2 Å². The molecule has 4 aromatic rings. The number of aromatic nitrogens is 1. The maximum Gasteiger partial charge on any atom is 0.180 e. The van der Waals surface area contributed by atoms with Gasteiger partial charge in [0.2, 0.25) is 0 Å². The van der Waals surface area contributed by atoms with Crippen LogP contribution >= 0.6 is 11.3 Å². The molecule has 2 aromatic carbocycles. The van der Waals surface area contributed by atoms with E-state index in [1.165, 1.54) is 22.0 Å². The maximum absolute atomic E-state index is 5.86. The van der Waals surface area contributed by atoms with Gasteiger partial charge >= 0.3 is 0 Å². The summed E-state index contributed by atoms with van der Waals surface area (Å²) < 4.78 is 5.86. The topological polar surface area (TPSA) is 37.0 Å². The molecule has 0 spiro atoms. The minimum Gasteiger partial charge on any atom is -0.447 e. The van der Waals surface area contributed by atoms with Gasteiger partial charge < -0.3 is 15.0 Å². The molecule has 0 radical (unpaired) electrons. The summed E-state index contributed by atoms with van der Waals surface area (Å²) in [5.41, 5.74) is 3.79. The SMILES string of the molecule is c1cc(CNCCc2c[nH]c3ccccc23)cc(Oc2cccs2)c1. The van der Waals surface area contributed by atoms with Crippen LogP contribution in [-0.2, 0) is 13.0 Å². The molecule has 0 aliphatic carbocycles. The van der Waals surface area contributed by atoms with Crippen LogP contribution in [0.1, 0.15) is 11.1 Å². The Morgan fingerprint density at radius 2 is 1.96 bits per heavy atom. The van der Waals surface area contributed by atoms with E-state index in [0.29, 0.717) is 0 Å². The van der Waals surface area contributed by atoms with Crippen molar-refractivity contribution in [1.82, 2.24) is 10.3 Å². The second-order valence-corrected chi connectivity index (χ2v) is 6.88. The highest BCUT2D eigenvalue weighted by molar-refractivity contribution is 7.11. The summed E-state index contributed by atoms with van der Waals surface area (Å²) in [6, 6.07) is 20.7. The average Bonchev–Trinajstić information content (AvgIpc) is 3.29. The highest BCUT2D eigenvalue weighted by Gasteiger charge is 2.03. The van der Waals surface area contributed by atoms with Crippen LogP contribution < -0.4 is 10.1 Å². The van der Waals surface area contributed by atoms with E-state index in [1.807, 2.05) is 29.6 Å². The zero-order chi connectivity index (χ0) is 16.9. The molecular formula is C21H20N2OS. The van der Waals surface area contributed by atoms with Crippen molar-refractivity contribution in [3.05, 3.63) is 83.4 Å². The van der Waals surface area contributed by atoms with E-state index >= 15 is 0 Å². The summed E-state index contributed by atoms with van der Waals surface area (Å²) >= 11 is 1.60. The summed E-state index contributed by atoms with van der Waals surface area (Å²) in [4.78, 5) is 3.33. The van der Waals surface area contributed by atoms with Crippen LogP contribution in [0.4, 0.5) is 0 Å². The van der Waals surface area contributed by atoms with Gasteiger partial charge in [0.1, 0.15) is 5.75 Å². The van der Waals surface area contributed by atoms with Gasteiger partial charge in [0.05, 0.1) is 0 Å². The first-order valence-corrected chi connectivity index (χ1v) is 9.32. The first-order chi connectivity index (χ1) is 12.4. The summed E-state index contributed by atoms with van der Waals surface area (Å²) in [6.07, 6.45) is 3.12.